The first-order valence-corrected chi connectivity index (χ1v) is 11.5. The van der Waals surface area contributed by atoms with Crippen molar-refractivity contribution in [2.24, 2.45) is 5.29 Å². The lowest BCUT2D eigenvalue weighted by Crippen LogP contribution is -2.44. The molecule has 1 aromatic heterocycles. The molecule has 1 atom stereocenters. The highest BCUT2D eigenvalue weighted by Crippen LogP contribution is 2.33. The van der Waals surface area contributed by atoms with Crippen LogP contribution in [0.2, 0.25) is 0 Å². The van der Waals surface area contributed by atoms with Gasteiger partial charge in [-0.15, -0.1) is 4.91 Å². The Kier molecular flexibility index (Phi) is 8.81. The van der Waals surface area contributed by atoms with E-state index in [1.807, 2.05) is 0 Å². The number of rotatable bonds is 11. The van der Waals surface area contributed by atoms with E-state index in [4.69, 9.17) is 5.11 Å². The minimum absolute atomic E-state index is 0.00992. The molecule has 0 spiro atoms. The molecule has 0 aliphatic carbocycles. The van der Waals surface area contributed by atoms with Crippen molar-refractivity contribution in [1.29, 1.82) is 0 Å². The molecule has 0 unspecified atom stereocenters. The lowest BCUT2D eigenvalue weighted by Gasteiger charge is -2.27. The van der Waals surface area contributed by atoms with E-state index in [9.17, 15) is 36.9 Å². The fraction of sp³-hybridized carbons (Fsp3) is 0.320. The van der Waals surface area contributed by atoms with Gasteiger partial charge < -0.3 is 5.11 Å². The van der Waals surface area contributed by atoms with Crippen LogP contribution < -0.4 is 11.2 Å². The summed E-state index contributed by atoms with van der Waals surface area (Å²) in [6, 6.07) is 10.7. The third-order valence-corrected chi connectivity index (χ3v) is 6.01. The van der Waals surface area contributed by atoms with Crippen LogP contribution in [0, 0.1) is 17.6 Å². The van der Waals surface area contributed by atoms with E-state index in [-0.39, 0.29) is 25.1 Å². The van der Waals surface area contributed by atoms with E-state index >= 15 is 0 Å². The standard InChI is InChI=1S/C25H24F4N4O5/c1-16-13-22(34)32(24(37)31(16)14-18-19(25(27,28)29)9-5-10-20(18)26)15-21(17-7-3-2-4-8-17)33(30-38)12-6-11-23(35)36/h2-5,7-10,13,21H,6,11-12,14-15H2,1H3,(H,35,36)/t21-/m0/s1. The maximum atomic E-state index is 14.5. The second-order valence-corrected chi connectivity index (χ2v) is 8.54. The third kappa shape index (κ3) is 6.52. The molecule has 13 heteroatoms. The maximum absolute atomic E-state index is 14.5. The smallest absolute Gasteiger partial charge is 0.416 e. The summed E-state index contributed by atoms with van der Waals surface area (Å²) in [5.74, 6) is -2.25. The number of aliphatic carboxylic acids is 1. The van der Waals surface area contributed by atoms with Crippen molar-refractivity contribution < 1.29 is 27.5 Å². The molecule has 9 nitrogen and oxygen atoms in total. The van der Waals surface area contributed by atoms with E-state index in [1.165, 1.54) is 6.92 Å². The van der Waals surface area contributed by atoms with Crippen molar-refractivity contribution in [3.8, 4) is 0 Å². The van der Waals surface area contributed by atoms with E-state index in [1.54, 1.807) is 30.3 Å². The first-order chi connectivity index (χ1) is 17.9. The first-order valence-electron chi connectivity index (χ1n) is 11.5. The van der Waals surface area contributed by atoms with Gasteiger partial charge in [0, 0.05) is 30.3 Å². The van der Waals surface area contributed by atoms with Crippen LogP contribution in [0.25, 0.3) is 0 Å². The second-order valence-electron chi connectivity index (χ2n) is 8.54. The van der Waals surface area contributed by atoms with Crippen LogP contribution in [-0.2, 0) is 24.1 Å². The number of benzene rings is 2. The Labute approximate surface area is 213 Å². The van der Waals surface area contributed by atoms with E-state index in [0.29, 0.717) is 11.6 Å². The molecule has 0 fully saturated rings. The lowest BCUT2D eigenvalue weighted by molar-refractivity contribution is -0.139. The second kappa shape index (κ2) is 11.8. The van der Waals surface area contributed by atoms with Crippen molar-refractivity contribution >= 4 is 5.97 Å². The van der Waals surface area contributed by atoms with Crippen LogP contribution in [-0.4, -0.2) is 31.8 Å². The fourth-order valence-electron chi connectivity index (χ4n) is 4.09. The molecule has 0 saturated heterocycles. The van der Waals surface area contributed by atoms with Crippen LogP contribution in [0.15, 0.2) is 69.5 Å². The van der Waals surface area contributed by atoms with Gasteiger partial charge in [0.1, 0.15) is 5.82 Å². The molecular weight excluding hydrogens is 512 g/mol. The highest BCUT2D eigenvalue weighted by atomic mass is 19.4. The molecule has 3 rings (SSSR count). The summed E-state index contributed by atoms with van der Waals surface area (Å²) in [5.41, 5.74) is -3.32. The summed E-state index contributed by atoms with van der Waals surface area (Å²) in [6.45, 7) is 0.0103. The average Bonchev–Trinajstić information content (AvgIpc) is 2.85. The van der Waals surface area contributed by atoms with Crippen LogP contribution in [0.3, 0.4) is 0 Å². The summed E-state index contributed by atoms with van der Waals surface area (Å²) in [6.07, 6.45) is -5.09. The Morgan fingerprint density at radius 1 is 1.08 bits per heavy atom. The predicted octanol–water partition coefficient (Wildman–Crippen LogP) is 4.11. The van der Waals surface area contributed by atoms with Crippen LogP contribution in [0.4, 0.5) is 17.6 Å². The topological polar surface area (TPSA) is 114 Å². The SMILES string of the molecule is Cc1cc(=O)n(C[C@@H](c2ccccc2)N(CCCC(=O)O)N=O)c(=O)n1Cc1c(F)cccc1C(F)(F)F. The molecule has 0 saturated carbocycles. The predicted molar refractivity (Wildman–Crippen MR) is 129 cm³/mol. The van der Waals surface area contributed by atoms with Crippen molar-refractivity contribution in [3.63, 3.8) is 0 Å². The van der Waals surface area contributed by atoms with Gasteiger partial charge in [-0.3, -0.25) is 23.7 Å². The minimum Gasteiger partial charge on any atom is -0.481 e. The molecule has 1 N–H and O–H groups in total. The number of nitrogens with zero attached hydrogens (tertiary/aromatic N) is 4. The number of alkyl halides is 3. The molecule has 0 bridgehead atoms. The van der Waals surface area contributed by atoms with Gasteiger partial charge >= 0.3 is 17.8 Å². The Bertz CT molecular complexity index is 1420. The number of nitroso groups, excluding NO2 is 1. The molecule has 0 radical (unpaired) electrons. The fourth-order valence-corrected chi connectivity index (χ4v) is 4.09. The van der Waals surface area contributed by atoms with E-state index < -0.39 is 59.5 Å². The summed E-state index contributed by atoms with van der Waals surface area (Å²) < 4.78 is 56.6. The number of hydrogen-bond donors (Lipinski definition) is 1. The zero-order valence-electron chi connectivity index (χ0n) is 20.2. The molecule has 1 heterocycles. The Balaban J connectivity index is 2.07. The normalized spacial score (nSPS) is 12.2. The molecule has 0 amide bonds. The molecule has 38 heavy (non-hydrogen) atoms. The molecule has 3 aromatic rings. The Hall–Kier alpha value is -4.29. The monoisotopic (exact) mass is 536 g/mol. The maximum Gasteiger partial charge on any atom is 0.416 e. The number of aromatic nitrogens is 2. The van der Waals surface area contributed by atoms with Crippen molar-refractivity contribution in [1.82, 2.24) is 14.1 Å². The third-order valence-electron chi connectivity index (χ3n) is 6.01. The van der Waals surface area contributed by atoms with Gasteiger partial charge in [0.05, 0.1) is 30.0 Å². The highest BCUT2D eigenvalue weighted by molar-refractivity contribution is 5.66. The molecule has 0 aliphatic rings. The zero-order chi connectivity index (χ0) is 28.0. The van der Waals surface area contributed by atoms with Crippen molar-refractivity contribution in [2.45, 2.75) is 45.1 Å². The number of carboxylic acids is 1. The van der Waals surface area contributed by atoms with Crippen molar-refractivity contribution in [3.05, 3.63) is 109 Å². The zero-order valence-corrected chi connectivity index (χ0v) is 20.2. The number of halogens is 4. The summed E-state index contributed by atoms with van der Waals surface area (Å²) >= 11 is 0. The minimum atomic E-state index is -4.88. The molecule has 2 aromatic carbocycles. The van der Waals surface area contributed by atoms with Gasteiger partial charge in [-0.25, -0.2) is 9.18 Å². The summed E-state index contributed by atoms with van der Waals surface area (Å²) in [5, 5.41) is 12.9. The number of carboxylic acid groups (broad SMARTS) is 1. The summed E-state index contributed by atoms with van der Waals surface area (Å²) in [4.78, 5) is 48.8. The number of hydrogen-bond acceptors (Lipinski definition) is 5. The van der Waals surface area contributed by atoms with Gasteiger partial charge in [-0.1, -0.05) is 36.4 Å². The van der Waals surface area contributed by atoms with E-state index in [0.717, 1.165) is 32.3 Å². The summed E-state index contributed by atoms with van der Waals surface area (Å²) in [7, 11) is 0. The largest absolute Gasteiger partial charge is 0.481 e. The van der Waals surface area contributed by atoms with Crippen molar-refractivity contribution in [2.75, 3.05) is 6.54 Å². The first kappa shape index (κ1) is 28.3. The van der Waals surface area contributed by atoms with Crippen LogP contribution in [0.5, 0.6) is 0 Å². The molecular formula is C25H24F4N4O5. The Morgan fingerprint density at radius 2 is 1.76 bits per heavy atom. The van der Waals surface area contributed by atoms with Gasteiger partial charge in [0.25, 0.3) is 5.56 Å². The van der Waals surface area contributed by atoms with Gasteiger partial charge in [-0.05, 0) is 31.0 Å². The highest BCUT2D eigenvalue weighted by Gasteiger charge is 2.35. The molecule has 202 valence electrons. The molecule has 0 aliphatic heterocycles. The van der Waals surface area contributed by atoms with Gasteiger partial charge in [0.15, 0.2) is 0 Å². The van der Waals surface area contributed by atoms with Crippen LogP contribution in [0.1, 0.15) is 41.3 Å². The van der Waals surface area contributed by atoms with E-state index in [2.05, 4.69) is 5.29 Å². The van der Waals surface area contributed by atoms with Gasteiger partial charge in [-0.2, -0.15) is 13.2 Å². The number of carbonyl (C=O) groups is 1. The van der Waals surface area contributed by atoms with Crippen LogP contribution >= 0.6 is 0 Å². The lowest BCUT2D eigenvalue weighted by atomic mass is 10.1. The quantitative estimate of drug-likeness (QED) is 0.224. The Morgan fingerprint density at radius 3 is 2.37 bits per heavy atom. The number of aryl methyl sites for hydroxylation is 1. The average molecular weight is 536 g/mol. The van der Waals surface area contributed by atoms with Gasteiger partial charge in [0.2, 0.25) is 0 Å².